The summed E-state index contributed by atoms with van der Waals surface area (Å²) in [5.41, 5.74) is 0.494. The second-order valence-corrected chi connectivity index (χ2v) is 8.37. The van der Waals surface area contributed by atoms with Gasteiger partial charge in [-0.05, 0) is 80.9 Å². The Morgan fingerprint density at radius 1 is 1.24 bits per heavy atom. The Morgan fingerprint density at radius 3 is 2.72 bits per heavy atom. The predicted octanol–water partition coefficient (Wildman–Crippen LogP) is 3.66. The highest BCUT2D eigenvalue weighted by molar-refractivity contribution is 9.10. The fourth-order valence-corrected chi connectivity index (χ4v) is 4.38. The van der Waals surface area contributed by atoms with Gasteiger partial charge in [-0.2, -0.15) is 0 Å². The first-order valence-corrected chi connectivity index (χ1v) is 10.4. The summed E-state index contributed by atoms with van der Waals surface area (Å²) < 4.78 is 0.685. The molecule has 1 amide bonds. The van der Waals surface area contributed by atoms with Crippen molar-refractivity contribution in [1.29, 1.82) is 0 Å². The van der Waals surface area contributed by atoms with Gasteiger partial charge < -0.3 is 9.80 Å². The summed E-state index contributed by atoms with van der Waals surface area (Å²) in [6, 6.07) is 0.744. The third-order valence-electron chi connectivity index (χ3n) is 5.73. The standard InChI is InChI=1S/C19H29BrN4O/c1-14-5-3-4-9-23(14)10-6-16-7-11-24(12-8-16)19(25)18-17(20)13-21-15(2)22-18/h13-14,16H,3-12H2,1-2H3. The Bertz CT molecular complexity index is 601. The Morgan fingerprint density at radius 2 is 2.00 bits per heavy atom. The summed E-state index contributed by atoms with van der Waals surface area (Å²) >= 11 is 3.41. The molecule has 1 atom stereocenters. The molecule has 0 spiro atoms. The fraction of sp³-hybridized carbons (Fsp3) is 0.737. The number of hydrogen-bond donors (Lipinski definition) is 0. The van der Waals surface area contributed by atoms with Gasteiger partial charge in [0.2, 0.25) is 0 Å². The number of piperidine rings is 2. The SMILES string of the molecule is Cc1ncc(Br)c(C(=O)N2CCC(CCN3CCCCC3C)CC2)n1. The largest absolute Gasteiger partial charge is 0.337 e. The zero-order valence-corrected chi connectivity index (χ0v) is 17.0. The number of aromatic nitrogens is 2. The van der Waals surface area contributed by atoms with Gasteiger partial charge in [0.15, 0.2) is 0 Å². The van der Waals surface area contributed by atoms with Gasteiger partial charge in [0.05, 0.1) is 4.47 Å². The molecule has 5 nitrogen and oxygen atoms in total. The van der Waals surface area contributed by atoms with E-state index in [9.17, 15) is 4.79 Å². The van der Waals surface area contributed by atoms with Crippen LogP contribution in [0.1, 0.15) is 61.8 Å². The van der Waals surface area contributed by atoms with Crippen molar-refractivity contribution in [3.63, 3.8) is 0 Å². The lowest BCUT2D eigenvalue weighted by Gasteiger charge is -2.36. The van der Waals surface area contributed by atoms with Crippen molar-refractivity contribution < 1.29 is 4.79 Å². The molecule has 1 aromatic heterocycles. The minimum Gasteiger partial charge on any atom is -0.337 e. The molecule has 138 valence electrons. The number of amides is 1. The van der Waals surface area contributed by atoms with E-state index < -0.39 is 0 Å². The first kappa shape index (κ1) is 18.8. The number of halogens is 1. The van der Waals surface area contributed by atoms with E-state index in [1.54, 1.807) is 6.20 Å². The summed E-state index contributed by atoms with van der Waals surface area (Å²) in [5, 5.41) is 0. The third-order valence-corrected chi connectivity index (χ3v) is 6.31. The molecular weight excluding hydrogens is 380 g/mol. The van der Waals surface area contributed by atoms with Crippen LogP contribution >= 0.6 is 15.9 Å². The summed E-state index contributed by atoms with van der Waals surface area (Å²) in [4.78, 5) is 25.8. The van der Waals surface area contributed by atoms with Crippen LogP contribution in [0.3, 0.4) is 0 Å². The summed E-state index contributed by atoms with van der Waals surface area (Å²) in [7, 11) is 0. The van der Waals surface area contributed by atoms with Crippen LogP contribution in [-0.2, 0) is 0 Å². The number of carbonyl (C=O) groups excluding carboxylic acids is 1. The summed E-state index contributed by atoms with van der Waals surface area (Å²) in [5.74, 6) is 1.41. The van der Waals surface area contributed by atoms with Crippen LogP contribution in [0.4, 0.5) is 0 Å². The molecule has 0 bridgehead atoms. The molecule has 0 aliphatic carbocycles. The molecule has 0 N–H and O–H groups in total. The zero-order chi connectivity index (χ0) is 17.8. The highest BCUT2D eigenvalue weighted by Crippen LogP contribution is 2.25. The second kappa shape index (κ2) is 8.58. The van der Waals surface area contributed by atoms with Gasteiger partial charge >= 0.3 is 0 Å². The van der Waals surface area contributed by atoms with E-state index in [1.165, 1.54) is 38.8 Å². The minimum atomic E-state index is 0.0282. The molecule has 1 unspecified atom stereocenters. The number of likely N-dealkylation sites (tertiary alicyclic amines) is 2. The van der Waals surface area contributed by atoms with Crippen LogP contribution in [0.5, 0.6) is 0 Å². The molecule has 2 fully saturated rings. The van der Waals surface area contributed by atoms with Crippen LogP contribution in [0.2, 0.25) is 0 Å². The lowest BCUT2D eigenvalue weighted by atomic mass is 9.92. The summed E-state index contributed by atoms with van der Waals surface area (Å²) in [6.45, 7) is 8.35. The monoisotopic (exact) mass is 408 g/mol. The van der Waals surface area contributed by atoms with Crippen LogP contribution in [0.25, 0.3) is 0 Å². The van der Waals surface area contributed by atoms with Crippen molar-refractivity contribution in [2.75, 3.05) is 26.2 Å². The first-order valence-electron chi connectivity index (χ1n) is 9.57. The van der Waals surface area contributed by atoms with E-state index in [0.29, 0.717) is 16.0 Å². The van der Waals surface area contributed by atoms with Crippen LogP contribution < -0.4 is 0 Å². The predicted molar refractivity (Wildman–Crippen MR) is 103 cm³/mol. The molecule has 2 aliphatic heterocycles. The Kier molecular flexibility index (Phi) is 6.44. The van der Waals surface area contributed by atoms with Crippen molar-refractivity contribution in [1.82, 2.24) is 19.8 Å². The lowest BCUT2D eigenvalue weighted by molar-refractivity contribution is 0.0665. The highest BCUT2D eigenvalue weighted by atomic mass is 79.9. The van der Waals surface area contributed by atoms with E-state index in [4.69, 9.17) is 0 Å². The van der Waals surface area contributed by atoms with Gasteiger partial charge in [0.25, 0.3) is 5.91 Å². The summed E-state index contributed by atoms with van der Waals surface area (Å²) in [6.07, 6.45) is 9.23. The second-order valence-electron chi connectivity index (χ2n) is 7.52. The van der Waals surface area contributed by atoms with Gasteiger partial charge in [-0.15, -0.1) is 0 Å². The molecule has 1 aromatic rings. The maximum Gasteiger partial charge on any atom is 0.273 e. The smallest absolute Gasteiger partial charge is 0.273 e. The van der Waals surface area contributed by atoms with Gasteiger partial charge in [0.1, 0.15) is 11.5 Å². The van der Waals surface area contributed by atoms with Crippen molar-refractivity contribution in [3.05, 3.63) is 22.2 Å². The zero-order valence-electron chi connectivity index (χ0n) is 15.4. The topological polar surface area (TPSA) is 49.3 Å². The molecular formula is C19H29BrN4O. The Hall–Kier alpha value is -1.01. The highest BCUT2D eigenvalue weighted by Gasteiger charge is 2.27. The van der Waals surface area contributed by atoms with Gasteiger partial charge in [-0.3, -0.25) is 4.79 Å². The third kappa shape index (κ3) is 4.79. The quantitative estimate of drug-likeness (QED) is 0.762. The molecule has 6 heteroatoms. The van der Waals surface area contributed by atoms with E-state index in [2.05, 4.69) is 37.7 Å². The van der Waals surface area contributed by atoms with E-state index >= 15 is 0 Å². The average Bonchev–Trinajstić information content (AvgIpc) is 2.63. The van der Waals surface area contributed by atoms with Gasteiger partial charge in [-0.25, -0.2) is 9.97 Å². The normalized spacial score (nSPS) is 23.0. The molecule has 2 saturated heterocycles. The van der Waals surface area contributed by atoms with Crippen LogP contribution in [0.15, 0.2) is 10.7 Å². The van der Waals surface area contributed by atoms with Gasteiger partial charge in [0, 0.05) is 25.3 Å². The van der Waals surface area contributed by atoms with E-state index in [-0.39, 0.29) is 5.91 Å². The van der Waals surface area contributed by atoms with Crippen molar-refractivity contribution in [3.8, 4) is 0 Å². The van der Waals surface area contributed by atoms with E-state index in [0.717, 1.165) is 37.9 Å². The maximum absolute atomic E-state index is 12.7. The molecule has 3 heterocycles. The Balaban J connectivity index is 1.48. The molecule has 2 aliphatic rings. The number of hydrogen-bond acceptors (Lipinski definition) is 4. The molecule has 3 rings (SSSR count). The number of carbonyl (C=O) groups is 1. The first-order chi connectivity index (χ1) is 12.0. The Labute approximate surface area is 159 Å². The molecule has 25 heavy (non-hydrogen) atoms. The maximum atomic E-state index is 12.7. The van der Waals surface area contributed by atoms with Crippen molar-refractivity contribution in [2.24, 2.45) is 5.92 Å². The molecule has 0 saturated carbocycles. The van der Waals surface area contributed by atoms with E-state index in [1.807, 2.05) is 11.8 Å². The number of rotatable bonds is 4. The van der Waals surface area contributed by atoms with Crippen LogP contribution in [-0.4, -0.2) is 57.9 Å². The fourth-order valence-electron chi connectivity index (χ4n) is 4.02. The van der Waals surface area contributed by atoms with Gasteiger partial charge in [-0.1, -0.05) is 6.42 Å². The van der Waals surface area contributed by atoms with Crippen LogP contribution in [0, 0.1) is 12.8 Å². The lowest BCUT2D eigenvalue weighted by Crippen LogP contribution is -2.41. The average molecular weight is 409 g/mol. The number of nitrogens with zero attached hydrogens (tertiary/aromatic N) is 4. The number of aryl methyl sites for hydroxylation is 1. The molecule has 0 radical (unpaired) electrons. The van der Waals surface area contributed by atoms with Crippen molar-refractivity contribution in [2.45, 2.75) is 58.4 Å². The van der Waals surface area contributed by atoms with Crippen molar-refractivity contribution >= 4 is 21.8 Å². The molecule has 0 aromatic carbocycles. The minimum absolute atomic E-state index is 0.0282.